The molecule has 1 heterocycles. The highest BCUT2D eigenvalue weighted by Crippen LogP contribution is 2.33. The van der Waals surface area contributed by atoms with Crippen molar-refractivity contribution in [2.75, 3.05) is 0 Å². The van der Waals surface area contributed by atoms with Crippen LogP contribution in [0.5, 0.6) is 0 Å². The topological polar surface area (TPSA) is 0 Å². The fraction of sp³-hybridized carbons (Fsp3) is 0. The SMILES string of the molecule is Clc1cc(-c2ccccc2)[s+]s1.[Cl-]. The van der Waals surface area contributed by atoms with E-state index in [0.29, 0.717) is 0 Å². The van der Waals surface area contributed by atoms with Gasteiger partial charge in [-0.3, -0.25) is 0 Å². The summed E-state index contributed by atoms with van der Waals surface area (Å²) in [5, 5.41) is 0. The Labute approximate surface area is 95.6 Å². The van der Waals surface area contributed by atoms with E-state index in [0.717, 1.165) is 4.34 Å². The van der Waals surface area contributed by atoms with E-state index in [9.17, 15) is 0 Å². The van der Waals surface area contributed by atoms with Crippen LogP contribution >= 0.6 is 32.3 Å². The first kappa shape index (κ1) is 10.9. The highest BCUT2D eigenvalue weighted by Gasteiger charge is 2.13. The molecule has 0 bridgehead atoms. The van der Waals surface area contributed by atoms with Crippen molar-refractivity contribution in [3.05, 3.63) is 40.7 Å². The standard InChI is InChI=1S/C9H6ClS2.ClH/c10-9-6-8(11-12-9)7-4-2-1-3-5-7;/h1-6H;1H/q+1;/p-1. The molecule has 68 valence electrons. The fourth-order valence-electron chi connectivity index (χ4n) is 0.970. The van der Waals surface area contributed by atoms with Crippen LogP contribution in [-0.2, 0) is 0 Å². The Hall–Kier alpha value is -0.150. The summed E-state index contributed by atoms with van der Waals surface area (Å²) in [6.45, 7) is 0. The van der Waals surface area contributed by atoms with Gasteiger partial charge >= 0.3 is 10.3 Å². The third-order valence-corrected chi connectivity index (χ3v) is 4.35. The molecule has 13 heavy (non-hydrogen) atoms. The molecule has 0 aliphatic rings. The van der Waals surface area contributed by atoms with Gasteiger partial charge in [0.25, 0.3) is 4.88 Å². The van der Waals surface area contributed by atoms with Crippen LogP contribution in [0, 0.1) is 0 Å². The lowest BCUT2D eigenvalue weighted by molar-refractivity contribution is -0.00000207. The van der Waals surface area contributed by atoms with E-state index in [1.807, 2.05) is 24.3 Å². The molecule has 0 atom stereocenters. The van der Waals surface area contributed by atoms with Crippen molar-refractivity contribution >= 4 is 32.3 Å². The molecule has 0 N–H and O–H groups in total. The molecule has 0 unspecified atom stereocenters. The maximum Gasteiger partial charge on any atom is 0.302 e. The van der Waals surface area contributed by atoms with E-state index in [4.69, 9.17) is 11.6 Å². The van der Waals surface area contributed by atoms with Crippen molar-refractivity contribution < 1.29 is 12.4 Å². The van der Waals surface area contributed by atoms with Gasteiger partial charge in [-0.15, -0.1) is 0 Å². The quantitative estimate of drug-likeness (QED) is 0.529. The number of benzene rings is 1. The maximum atomic E-state index is 5.84. The zero-order chi connectivity index (χ0) is 8.39. The van der Waals surface area contributed by atoms with Gasteiger partial charge in [-0.1, -0.05) is 29.8 Å². The summed E-state index contributed by atoms with van der Waals surface area (Å²) in [5.41, 5.74) is 1.24. The van der Waals surface area contributed by atoms with Crippen LogP contribution in [0.2, 0.25) is 4.34 Å². The summed E-state index contributed by atoms with van der Waals surface area (Å²) in [5.74, 6) is 0. The van der Waals surface area contributed by atoms with E-state index < -0.39 is 0 Å². The van der Waals surface area contributed by atoms with Gasteiger partial charge < -0.3 is 12.4 Å². The molecule has 0 aliphatic carbocycles. The zero-order valence-corrected chi connectivity index (χ0v) is 9.68. The van der Waals surface area contributed by atoms with Crippen LogP contribution in [-0.4, -0.2) is 0 Å². The zero-order valence-electron chi connectivity index (χ0n) is 6.54. The van der Waals surface area contributed by atoms with Crippen molar-refractivity contribution in [3.8, 4) is 10.4 Å². The minimum Gasteiger partial charge on any atom is -1.00 e. The molecule has 0 saturated heterocycles. The predicted octanol–water partition coefficient (Wildman–Crippen LogP) is 1.42. The Bertz CT molecular complexity index is 370. The van der Waals surface area contributed by atoms with Gasteiger partial charge in [-0.25, -0.2) is 0 Å². The van der Waals surface area contributed by atoms with E-state index in [-0.39, 0.29) is 12.4 Å². The Kier molecular flexibility index (Phi) is 4.13. The monoisotopic (exact) mass is 248 g/mol. The fourth-order valence-corrected chi connectivity index (χ4v) is 3.32. The lowest BCUT2D eigenvalue weighted by atomic mass is 10.2. The third-order valence-electron chi connectivity index (χ3n) is 1.51. The number of hydrogen-bond acceptors (Lipinski definition) is 1. The molecular formula is C9H6Cl2S2. The predicted molar refractivity (Wildman–Crippen MR) is 57.0 cm³/mol. The van der Waals surface area contributed by atoms with Crippen LogP contribution in [0.4, 0.5) is 0 Å². The van der Waals surface area contributed by atoms with Gasteiger partial charge in [-0.05, 0) is 12.1 Å². The molecular weight excluding hydrogens is 243 g/mol. The Balaban J connectivity index is 0.000000845. The molecule has 0 radical (unpaired) electrons. The maximum absolute atomic E-state index is 5.84. The van der Waals surface area contributed by atoms with E-state index >= 15 is 0 Å². The summed E-state index contributed by atoms with van der Waals surface area (Å²) in [6.07, 6.45) is 0. The molecule has 1 aromatic carbocycles. The molecule has 2 rings (SSSR count). The first-order chi connectivity index (χ1) is 5.86. The van der Waals surface area contributed by atoms with Crippen molar-refractivity contribution in [2.24, 2.45) is 0 Å². The highest BCUT2D eigenvalue weighted by molar-refractivity contribution is 7.71. The molecule has 0 spiro atoms. The first-order valence-electron chi connectivity index (χ1n) is 3.50. The summed E-state index contributed by atoms with van der Waals surface area (Å²) in [7, 11) is 3.32. The smallest absolute Gasteiger partial charge is 0.302 e. The van der Waals surface area contributed by atoms with Crippen LogP contribution < -0.4 is 12.4 Å². The van der Waals surface area contributed by atoms with Crippen molar-refractivity contribution in [3.63, 3.8) is 0 Å². The number of rotatable bonds is 1. The Morgan fingerprint density at radius 3 is 2.38 bits per heavy atom. The van der Waals surface area contributed by atoms with Gasteiger partial charge in [-0.2, -0.15) is 0 Å². The van der Waals surface area contributed by atoms with Crippen LogP contribution in [0.3, 0.4) is 0 Å². The Morgan fingerprint density at radius 1 is 1.15 bits per heavy atom. The summed E-state index contributed by atoms with van der Waals surface area (Å²) < 4.78 is 0.860. The minimum atomic E-state index is 0. The van der Waals surface area contributed by atoms with E-state index in [1.165, 1.54) is 10.4 Å². The summed E-state index contributed by atoms with van der Waals surface area (Å²) in [4.78, 5) is 1.24. The van der Waals surface area contributed by atoms with Gasteiger partial charge in [0, 0.05) is 11.6 Å². The molecule has 0 saturated carbocycles. The molecule has 0 nitrogen and oxygen atoms in total. The van der Waals surface area contributed by atoms with Crippen molar-refractivity contribution in [1.29, 1.82) is 0 Å². The van der Waals surface area contributed by atoms with Gasteiger partial charge in [0.1, 0.15) is 0 Å². The highest BCUT2D eigenvalue weighted by atomic mass is 35.5. The van der Waals surface area contributed by atoms with Gasteiger partial charge in [0.2, 0.25) is 0 Å². The second-order valence-electron chi connectivity index (χ2n) is 2.35. The van der Waals surface area contributed by atoms with Crippen LogP contribution in [0.15, 0.2) is 36.4 Å². The summed E-state index contributed by atoms with van der Waals surface area (Å²) >= 11 is 5.84. The molecule has 4 heteroatoms. The first-order valence-corrected chi connectivity index (χ1v) is 6.03. The van der Waals surface area contributed by atoms with E-state index in [1.54, 1.807) is 20.7 Å². The van der Waals surface area contributed by atoms with Crippen molar-refractivity contribution in [2.45, 2.75) is 0 Å². The lowest BCUT2D eigenvalue weighted by Gasteiger charge is -1.85. The second-order valence-corrected chi connectivity index (χ2v) is 5.19. The molecule has 0 amide bonds. The average Bonchev–Trinajstić information content (AvgIpc) is 2.54. The average molecular weight is 249 g/mol. The molecule has 1 aromatic heterocycles. The molecule has 2 aromatic rings. The lowest BCUT2D eigenvalue weighted by Crippen LogP contribution is -3.00. The van der Waals surface area contributed by atoms with Crippen LogP contribution in [0.25, 0.3) is 10.4 Å². The largest absolute Gasteiger partial charge is 1.00 e. The minimum absolute atomic E-state index is 0. The second kappa shape index (κ2) is 4.91. The van der Waals surface area contributed by atoms with E-state index in [2.05, 4.69) is 12.1 Å². The molecule has 0 fully saturated rings. The van der Waals surface area contributed by atoms with Gasteiger partial charge in [0.05, 0.1) is 0 Å². The van der Waals surface area contributed by atoms with Crippen LogP contribution in [0.1, 0.15) is 0 Å². The van der Waals surface area contributed by atoms with Gasteiger partial charge in [0.15, 0.2) is 14.7 Å². The van der Waals surface area contributed by atoms with Crippen molar-refractivity contribution in [1.82, 2.24) is 0 Å². The number of halogens is 2. The third kappa shape index (κ3) is 2.64. The normalized spacial score (nSPS) is 9.31. The Morgan fingerprint density at radius 2 is 1.85 bits per heavy atom. The summed E-state index contributed by atoms with van der Waals surface area (Å²) in [6, 6.07) is 12.3. The number of hydrogen-bond donors (Lipinski definition) is 0. The molecule has 0 aliphatic heterocycles.